The molecule has 0 amide bonds. The van der Waals surface area contributed by atoms with Gasteiger partial charge in [-0.1, -0.05) is 53.7 Å². The van der Waals surface area contributed by atoms with Crippen LogP contribution in [-0.4, -0.2) is 29.8 Å². The molecule has 0 radical (unpaired) electrons. The topological polar surface area (TPSA) is 39.6 Å². The first-order valence-electron chi connectivity index (χ1n) is 11.1. The van der Waals surface area contributed by atoms with E-state index in [1.54, 1.807) is 0 Å². The van der Waals surface area contributed by atoms with E-state index in [0.717, 1.165) is 11.4 Å². The van der Waals surface area contributed by atoms with Crippen molar-refractivity contribution in [1.29, 1.82) is 0 Å². The highest BCUT2D eigenvalue weighted by Crippen LogP contribution is 2.40. The Morgan fingerprint density at radius 3 is 1.67 bits per heavy atom. The molecule has 30 heavy (non-hydrogen) atoms. The minimum Gasteiger partial charge on any atom is -0.377 e. The standard InChI is InChI=1S/C26H41N3O/c1-16(2)19-12-21(17(3)4)25(22(13-19)18(5)6)23-14-20(28(10)11)15-24(27-23)29(30)26(7,8)9/h12-18,30H,1-11H3. The van der Waals surface area contributed by atoms with E-state index in [4.69, 9.17) is 4.98 Å². The zero-order valence-corrected chi connectivity index (χ0v) is 20.8. The van der Waals surface area contributed by atoms with Crippen LogP contribution in [0, 0.1) is 0 Å². The second-order valence-electron chi connectivity index (χ2n) is 10.5. The van der Waals surface area contributed by atoms with Crippen LogP contribution in [0.4, 0.5) is 11.5 Å². The molecule has 2 aromatic rings. The fourth-order valence-electron chi connectivity index (χ4n) is 3.59. The lowest BCUT2D eigenvalue weighted by atomic mass is 9.83. The van der Waals surface area contributed by atoms with Gasteiger partial charge in [-0.15, -0.1) is 0 Å². The smallest absolute Gasteiger partial charge is 0.155 e. The van der Waals surface area contributed by atoms with E-state index in [1.165, 1.54) is 27.3 Å². The van der Waals surface area contributed by atoms with Gasteiger partial charge < -0.3 is 4.90 Å². The number of aromatic nitrogens is 1. The number of pyridine rings is 1. The Morgan fingerprint density at radius 2 is 1.30 bits per heavy atom. The van der Waals surface area contributed by atoms with Gasteiger partial charge in [-0.2, -0.15) is 0 Å². The third kappa shape index (κ3) is 5.15. The van der Waals surface area contributed by atoms with Crippen molar-refractivity contribution in [3.63, 3.8) is 0 Å². The average Bonchev–Trinajstić information content (AvgIpc) is 2.64. The first-order valence-corrected chi connectivity index (χ1v) is 11.1. The van der Waals surface area contributed by atoms with Crippen molar-refractivity contribution in [2.75, 3.05) is 24.1 Å². The van der Waals surface area contributed by atoms with Gasteiger partial charge in [0.15, 0.2) is 5.82 Å². The Hall–Kier alpha value is -2.07. The number of hydrogen-bond acceptors (Lipinski definition) is 4. The summed E-state index contributed by atoms with van der Waals surface area (Å²) in [6, 6.07) is 8.78. The zero-order valence-electron chi connectivity index (χ0n) is 20.8. The van der Waals surface area contributed by atoms with Crippen LogP contribution in [0.25, 0.3) is 11.3 Å². The second-order valence-corrected chi connectivity index (χ2v) is 10.5. The number of nitrogens with zero attached hydrogens (tertiary/aromatic N) is 3. The van der Waals surface area contributed by atoms with Crippen molar-refractivity contribution in [2.24, 2.45) is 0 Å². The number of anilines is 2. The largest absolute Gasteiger partial charge is 0.377 e. The Morgan fingerprint density at radius 1 is 0.800 bits per heavy atom. The van der Waals surface area contributed by atoms with Crippen molar-refractivity contribution >= 4 is 11.5 Å². The van der Waals surface area contributed by atoms with Gasteiger partial charge in [-0.3, -0.25) is 5.21 Å². The van der Waals surface area contributed by atoms with Crippen LogP contribution in [0.5, 0.6) is 0 Å². The normalized spacial score (nSPS) is 12.2. The Labute approximate surface area is 183 Å². The molecule has 0 saturated carbocycles. The summed E-state index contributed by atoms with van der Waals surface area (Å²) in [7, 11) is 4.05. The van der Waals surface area contributed by atoms with Gasteiger partial charge in [0.2, 0.25) is 0 Å². The number of benzene rings is 1. The summed E-state index contributed by atoms with van der Waals surface area (Å²) in [5.74, 6) is 1.79. The molecule has 0 saturated heterocycles. The van der Waals surface area contributed by atoms with Gasteiger partial charge >= 0.3 is 0 Å². The lowest BCUT2D eigenvalue weighted by Crippen LogP contribution is -2.39. The van der Waals surface area contributed by atoms with Crippen LogP contribution in [0.2, 0.25) is 0 Å². The predicted octanol–water partition coefficient (Wildman–Crippen LogP) is 7.18. The molecule has 0 unspecified atom stereocenters. The second kappa shape index (κ2) is 8.97. The summed E-state index contributed by atoms with van der Waals surface area (Å²) in [4.78, 5) is 7.03. The molecule has 0 atom stereocenters. The van der Waals surface area contributed by atoms with Gasteiger partial charge in [-0.05, 0) is 61.3 Å². The number of hydroxylamine groups is 1. The third-order valence-corrected chi connectivity index (χ3v) is 5.55. The summed E-state index contributed by atoms with van der Waals surface area (Å²) in [6.07, 6.45) is 0. The van der Waals surface area contributed by atoms with E-state index in [-0.39, 0.29) is 0 Å². The van der Waals surface area contributed by atoms with E-state index in [0.29, 0.717) is 23.6 Å². The third-order valence-electron chi connectivity index (χ3n) is 5.55. The number of rotatable bonds is 6. The maximum atomic E-state index is 10.9. The Balaban J connectivity index is 2.89. The summed E-state index contributed by atoms with van der Waals surface area (Å²) in [5, 5.41) is 12.1. The molecule has 0 fully saturated rings. The van der Waals surface area contributed by atoms with Crippen molar-refractivity contribution in [3.05, 3.63) is 41.0 Å². The monoisotopic (exact) mass is 411 g/mol. The Kier molecular flexibility index (Phi) is 7.24. The lowest BCUT2D eigenvalue weighted by molar-refractivity contribution is 0.178. The minimum absolute atomic E-state index is 0.373. The molecule has 1 N–H and O–H groups in total. The van der Waals surface area contributed by atoms with Gasteiger partial charge in [0, 0.05) is 31.4 Å². The molecule has 0 aliphatic carbocycles. The summed E-state index contributed by atoms with van der Waals surface area (Å²) in [5.41, 5.74) is 6.71. The van der Waals surface area contributed by atoms with Gasteiger partial charge in [0.1, 0.15) is 0 Å². The number of hydrogen-bond donors (Lipinski definition) is 1. The summed E-state index contributed by atoms with van der Waals surface area (Å²) in [6.45, 7) is 19.4. The highest BCUT2D eigenvalue weighted by molar-refractivity contribution is 5.75. The average molecular weight is 412 g/mol. The maximum Gasteiger partial charge on any atom is 0.155 e. The van der Waals surface area contributed by atoms with Crippen molar-refractivity contribution < 1.29 is 5.21 Å². The fourth-order valence-corrected chi connectivity index (χ4v) is 3.59. The molecule has 2 rings (SSSR count). The molecule has 0 bridgehead atoms. The van der Waals surface area contributed by atoms with Crippen molar-refractivity contribution in [2.45, 2.75) is 85.6 Å². The van der Waals surface area contributed by atoms with Gasteiger partial charge in [-0.25, -0.2) is 10.0 Å². The molecule has 0 aliphatic rings. The van der Waals surface area contributed by atoms with E-state index in [1.807, 2.05) is 40.9 Å². The zero-order chi connectivity index (χ0) is 23.0. The van der Waals surface area contributed by atoms with Crippen LogP contribution < -0.4 is 9.96 Å². The molecule has 166 valence electrons. The van der Waals surface area contributed by atoms with Crippen LogP contribution in [0.1, 0.15) is 96.8 Å². The lowest BCUT2D eigenvalue weighted by Gasteiger charge is -2.32. The van der Waals surface area contributed by atoms with E-state index in [9.17, 15) is 5.21 Å². The van der Waals surface area contributed by atoms with Crippen LogP contribution in [-0.2, 0) is 0 Å². The molecular weight excluding hydrogens is 370 g/mol. The Bertz CT molecular complexity index is 847. The SMILES string of the molecule is CC(C)c1cc(C(C)C)c(-c2cc(N(C)C)cc(N(O)C(C)(C)C)n2)c(C(C)C)c1. The van der Waals surface area contributed by atoms with E-state index >= 15 is 0 Å². The first-order chi connectivity index (χ1) is 13.7. The molecule has 1 aromatic carbocycles. The molecular formula is C26H41N3O. The fraction of sp³-hybridized carbons (Fsp3) is 0.577. The molecule has 4 heteroatoms. The van der Waals surface area contributed by atoms with Crippen LogP contribution in [0.3, 0.4) is 0 Å². The maximum absolute atomic E-state index is 10.9. The molecule has 0 spiro atoms. The van der Waals surface area contributed by atoms with Crippen molar-refractivity contribution in [1.82, 2.24) is 4.98 Å². The van der Waals surface area contributed by atoms with Crippen LogP contribution >= 0.6 is 0 Å². The van der Waals surface area contributed by atoms with Gasteiger partial charge in [0.25, 0.3) is 0 Å². The van der Waals surface area contributed by atoms with E-state index < -0.39 is 5.54 Å². The molecule has 0 aliphatic heterocycles. The highest BCUT2D eigenvalue weighted by Gasteiger charge is 2.25. The van der Waals surface area contributed by atoms with Gasteiger partial charge in [0.05, 0.1) is 11.2 Å². The van der Waals surface area contributed by atoms with Crippen molar-refractivity contribution in [3.8, 4) is 11.3 Å². The molecule has 1 heterocycles. The first kappa shape index (κ1) is 24.2. The van der Waals surface area contributed by atoms with Crippen LogP contribution in [0.15, 0.2) is 24.3 Å². The molecule has 4 nitrogen and oxygen atoms in total. The molecule has 1 aromatic heterocycles. The quantitative estimate of drug-likeness (QED) is 0.511. The predicted molar refractivity (Wildman–Crippen MR) is 130 cm³/mol. The highest BCUT2D eigenvalue weighted by atomic mass is 16.5. The van der Waals surface area contributed by atoms with E-state index in [2.05, 4.69) is 64.6 Å². The summed E-state index contributed by atoms with van der Waals surface area (Å²) >= 11 is 0. The summed E-state index contributed by atoms with van der Waals surface area (Å²) < 4.78 is 0. The minimum atomic E-state index is -0.446.